The number of hydrogen-bond acceptors (Lipinski definition) is 3. The molecule has 110 valence electrons. The van der Waals surface area contributed by atoms with Crippen LogP contribution in [0.15, 0.2) is 22.7 Å². The lowest BCUT2D eigenvalue weighted by molar-refractivity contribution is 0.0788. The van der Waals surface area contributed by atoms with Crippen molar-refractivity contribution in [2.75, 3.05) is 19.8 Å². The summed E-state index contributed by atoms with van der Waals surface area (Å²) in [6, 6.07) is 7.31. The predicted octanol–water partition coefficient (Wildman–Crippen LogP) is 3.25. The normalized spacial score (nSPS) is 22.4. The van der Waals surface area contributed by atoms with Crippen LogP contribution in [0.2, 0.25) is 0 Å². The maximum Gasteiger partial charge on any atom is 0.0727 e. The van der Waals surface area contributed by atoms with E-state index in [-0.39, 0.29) is 0 Å². The summed E-state index contributed by atoms with van der Waals surface area (Å²) in [5, 5.41) is 3.53. The van der Waals surface area contributed by atoms with E-state index in [0.717, 1.165) is 43.3 Å². The van der Waals surface area contributed by atoms with Gasteiger partial charge in [0.2, 0.25) is 0 Å². The van der Waals surface area contributed by atoms with Crippen LogP contribution < -0.4 is 5.32 Å². The number of ether oxygens (including phenoxy) is 2. The van der Waals surface area contributed by atoms with Gasteiger partial charge in [0.1, 0.15) is 0 Å². The van der Waals surface area contributed by atoms with E-state index in [1.165, 1.54) is 24.0 Å². The molecule has 0 radical (unpaired) electrons. The second-order valence-corrected chi connectivity index (χ2v) is 6.68. The first kappa shape index (κ1) is 14.5. The smallest absolute Gasteiger partial charge is 0.0727 e. The van der Waals surface area contributed by atoms with Crippen LogP contribution in [0, 0.1) is 5.92 Å². The molecule has 2 aliphatic rings. The topological polar surface area (TPSA) is 30.5 Å². The summed E-state index contributed by atoms with van der Waals surface area (Å²) in [5.74, 6) is 0.579. The molecule has 2 fully saturated rings. The molecule has 0 spiro atoms. The fourth-order valence-corrected chi connectivity index (χ4v) is 2.96. The first-order valence-corrected chi connectivity index (χ1v) is 8.27. The molecule has 1 aliphatic carbocycles. The zero-order valence-corrected chi connectivity index (χ0v) is 13.3. The maximum absolute atomic E-state index is 5.81. The van der Waals surface area contributed by atoms with Gasteiger partial charge in [-0.1, -0.05) is 28.1 Å². The van der Waals surface area contributed by atoms with Gasteiger partial charge < -0.3 is 14.8 Å². The summed E-state index contributed by atoms with van der Waals surface area (Å²) < 4.78 is 12.3. The molecule has 0 amide bonds. The number of hydrogen-bond donors (Lipinski definition) is 1. The van der Waals surface area contributed by atoms with Gasteiger partial charge in [-0.25, -0.2) is 0 Å². The maximum atomic E-state index is 5.81. The zero-order chi connectivity index (χ0) is 13.8. The molecule has 1 atom stereocenters. The summed E-state index contributed by atoms with van der Waals surface area (Å²) in [7, 11) is 0. The van der Waals surface area contributed by atoms with E-state index in [1.807, 2.05) is 0 Å². The van der Waals surface area contributed by atoms with Gasteiger partial charge in [0, 0.05) is 29.6 Å². The van der Waals surface area contributed by atoms with Crippen LogP contribution in [0.3, 0.4) is 0 Å². The Hall–Kier alpha value is -0.420. The van der Waals surface area contributed by atoms with E-state index >= 15 is 0 Å². The second-order valence-electron chi connectivity index (χ2n) is 5.83. The van der Waals surface area contributed by atoms with Crippen molar-refractivity contribution in [3.63, 3.8) is 0 Å². The van der Waals surface area contributed by atoms with Crippen LogP contribution in [0.1, 0.15) is 30.4 Å². The highest BCUT2D eigenvalue weighted by Crippen LogP contribution is 2.23. The van der Waals surface area contributed by atoms with Crippen LogP contribution in [0.4, 0.5) is 0 Å². The summed E-state index contributed by atoms with van der Waals surface area (Å²) >= 11 is 3.65. The van der Waals surface area contributed by atoms with Gasteiger partial charge in [-0.15, -0.1) is 0 Å². The van der Waals surface area contributed by atoms with Crippen molar-refractivity contribution in [3.05, 3.63) is 33.8 Å². The van der Waals surface area contributed by atoms with Crippen LogP contribution >= 0.6 is 15.9 Å². The lowest BCUT2D eigenvalue weighted by atomic mass is 10.1. The Morgan fingerprint density at radius 1 is 1.30 bits per heavy atom. The lowest BCUT2D eigenvalue weighted by Gasteiger charge is -2.11. The van der Waals surface area contributed by atoms with Crippen molar-refractivity contribution in [1.82, 2.24) is 5.32 Å². The Bertz CT molecular complexity index is 442. The van der Waals surface area contributed by atoms with Gasteiger partial charge in [-0.05, 0) is 36.5 Å². The average Bonchev–Trinajstić information content (AvgIpc) is 3.14. The molecule has 0 bridgehead atoms. The highest BCUT2D eigenvalue weighted by atomic mass is 79.9. The van der Waals surface area contributed by atoms with Crippen molar-refractivity contribution in [1.29, 1.82) is 0 Å². The number of halogens is 1. The van der Waals surface area contributed by atoms with Crippen molar-refractivity contribution < 1.29 is 9.47 Å². The molecule has 4 heteroatoms. The molecule has 0 aromatic heterocycles. The van der Waals surface area contributed by atoms with E-state index in [4.69, 9.17) is 9.47 Å². The third-order valence-electron chi connectivity index (χ3n) is 3.92. The third kappa shape index (κ3) is 4.29. The minimum atomic E-state index is 0.579. The molecule has 1 saturated carbocycles. The predicted molar refractivity (Wildman–Crippen MR) is 82.6 cm³/mol. The zero-order valence-electron chi connectivity index (χ0n) is 11.7. The molecule has 20 heavy (non-hydrogen) atoms. The summed E-state index contributed by atoms with van der Waals surface area (Å²) in [5.41, 5.74) is 2.55. The van der Waals surface area contributed by atoms with E-state index in [2.05, 4.69) is 39.4 Å². The first-order valence-electron chi connectivity index (χ1n) is 7.47. The SMILES string of the molecule is Brc1cc(CNC2CC2)ccc1COCC1CCOC1. The van der Waals surface area contributed by atoms with Crippen LogP contribution in [-0.4, -0.2) is 25.9 Å². The van der Waals surface area contributed by atoms with Crippen molar-refractivity contribution >= 4 is 15.9 Å². The van der Waals surface area contributed by atoms with Crippen molar-refractivity contribution in [3.8, 4) is 0 Å². The van der Waals surface area contributed by atoms with Crippen molar-refractivity contribution in [2.24, 2.45) is 5.92 Å². The van der Waals surface area contributed by atoms with Crippen LogP contribution in [0.25, 0.3) is 0 Å². The molecular weight excluding hydrogens is 318 g/mol. The molecule has 1 heterocycles. The van der Waals surface area contributed by atoms with Gasteiger partial charge in [0.25, 0.3) is 0 Å². The number of benzene rings is 1. The molecule has 1 aromatic carbocycles. The van der Waals surface area contributed by atoms with Gasteiger partial charge in [-0.2, -0.15) is 0 Å². The van der Waals surface area contributed by atoms with Gasteiger partial charge in [0.15, 0.2) is 0 Å². The van der Waals surface area contributed by atoms with Gasteiger partial charge >= 0.3 is 0 Å². The Labute approximate surface area is 129 Å². The molecule has 3 rings (SSSR count). The summed E-state index contributed by atoms with van der Waals surface area (Å²) in [6.45, 7) is 4.18. The molecule has 1 aromatic rings. The largest absolute Gasteiger partial charge is 0.381 e. The lowest BCUT2D eigenvalue weighted by Crippen LogP contribution is -2.15. The summed E-state index contributed by atoms with van der Waals surface area (Å²) in [6.07, 6.45) is 3.79. The minimum absolute atomic E-state index is 0.579. The molecule has 1 N–H and O–H groups in total. The first-order chi connectivity index (χ1) is 9.81. The van der Waals surface area contributed by atoms with E-state index in [1.54, 1.807) is 0 Å². The standard InChI is InChI=1S/C16H22BrNO2/c17-16-7-12(8-18-15-3-4-15)1-2-14(16)11-20-10-13-5-6-19-9-13/h1-2,7,13,15,18H,3-6,8-11H2. The molecule has 3 nitrogen and oxygen atoms in total. The van der Waals surface area contributed by atoms with Crippen molar-refractivity contribution in [2.45, 2.75) is 38.5 Å². The van der Waals surface area contributed by atoms with E-state index in [9.17, 15) is 0 Å². The Kier molecular flexibility index (Phi) is 5.10. The summed E-state index contributed by atoms with van der Waals surface area (Å²) in [4.78, 5) is 0. The highest BCUT2D eigenvalue weighted by molar-refractivity contribution is 9.10. The Balaban J connectivity index is 1.45. The van der Waals surface area contributed by atoms with Crippen LogP contribution in [0.5, 0.6) is 0 Å². The van der Waals surface area contributed by atoms with Gasteiger partial charge in [-0.3, -0.25) is 0 Å². The highest BCUT2D eigenvalue weighted by Gasteiger charge is 2.20. The Morgan fingerprint density at radius 2 is 2.20 bits per heavy atom. The number of nitrogens with one attached hydrogen (secondary N) is 1. The fraction of sp³-hybridized carbons (Fsp3) is 0.625. The quantitative estimate of drug-likeness (QED) is 0.827. The van der Waals surface area contributed by atoms with E-state index < -0.39 is 0 Å². The second kappa shape index (κ2) is 7.03. The average molecular weight is 340 g/mol. The Morgan fingerprint density at radius 3 is 2.90 bits per heavy atom. The minimum Gasteiger partial charge on any atom is -0.381 e. The molecule has 1 saturated heterocycles. The van der Waals surface area contributed by atoms with Gasteiger partial charge in [0.05, 0.1) is 19.8 Å². The fourth-order valence-electron chi connectivity index (χ4n) is 2.42. The third-order valence-corrected chi connectivity index (χ3v) is 4.66. The van der Waals surface area contributed by atoms with E-state index in [0.29, 0.717) is 12.5 Å². The molecule has 1 aliphatic heterocycles. The monoisotopic (exact) mass is 339 g/mol. The molecular formula is C16H22BrNO2. The molecule has 1 unspecified atom stereocenters. The number of rotatable bonds is 7. The van der Waals surface area contributed by atoms with Crippen LogP contribution in [-0.2, 0) is 22.6 Å².